The molecule has 1 aliphatic carbocycles. The van der Waals surface area contributed by atoms with E-state index in [-0.39, 0.29) is 23.4 Å². The summed E-state index contributed by atoms with van der Waals surface area (Å²) >= 11 is 0. The number of nitrogens with one attached hydrogen (secondary N) is 1. The van der Waals surface area contributed by atoms with Crippen molar-refractivity contribution in [3.05, 3.63) is 29.6 Å². The zero-order chi connectivity index (χ0) is 13.3. The fourth-order valence-electron chi connectivity index (χ4n) is 2.56. The maximum atomic E-state index is 13.9. The van der Waals surface area contributed by atoms with Crippen molar-refractivity contribution >= 4 is 5.69 Å². The van der Waals surface area contributed by atoms with Crippen LogP contribution in [0.2, 0.25) is 0 Å². The first kappa shape index (κ1) is 13.3. The van der Waals surface area contributed by atoms with E-state index in [0.29, 0.717) is 11.3 Å². The number of benzene rings is 1. The van der Waals surface area contributed by atoms with E-state index in [1.54, 1.807) is 19.1 Å². The summed E-state index contributed by atoms with van der Waals surface area (Å²) in [7, 11) is 0. The molecular formula is C15H22FNO. The molecule has 0 spiro atoms. The van der Waals surface area contributed by atoms with Gasteiger partial charge in [-0.1, -0.05) is 26.0 Å². The van der Waals surface area contributed by atoms with Gasteiger partial charge in [-0.3, -0.25) is 0 Å². The second-order valence-electron chi connectivity index (χ2n) is 5.63. The van der Waals surface area contributed by atoms with Crippen molar-refractivity contribution in [1.82, 2.24) is 0 Å². The lowest BCUT2D eigenvalue weighted by molar-refractivity contribution is -0.0976. The highest BCUT2D eigenvalue weighted by Crippen LogP contribution is 2.44. The number of ether oxygens (including phenoxy) is 1. The van der Waals surface area contributed by atoms with Crippen molar-refractivity contribution in [1.29, 1.82) is 0 Å². The van der Waals surface area contributed by atoms with Crippen LogP contribution in [0.15, 0.2) is 18.2 Å². The van der Waals surface area contributed by atoms with Gasteiger partial charge in [-0.15, -0.1) is 0 Å². The lowest BCUT2D eigenvalue weighted by atomic mass is 9.64. The predicted octanol–water partition coefficient (Wildman–Crippen LogP) is 3.75. The fraction of sp³-hybridized carbons (Fsp3) is 0.600. The second kappa shape index (κ2) is 4.88. The minimum atomic E-state index is -0.145. The monoisotopic (exact) mass is 251 g/mol. The van der Waals surface area contributed by atoms with E-state index in [4.69, 9.17) is 4.74 Å². The third kappa shape index (κ3) is 2.24. The van der Waals surface area contributed by atoms with Gasteiger partial charge >= 0.3 is 0 Å². The Morgan fingerprint density at radius 3 is 2.78 bits per heavy atom. The average Bonchev–Trinajstić information content (AvgIpc) is 2.33. The number of rotatable bonds is 4. The van der Waals surface area contributed by atoms with Crippen LogP contribution in [0, 0.1) is 18.2 Å². The maximum absolute atomic E-state index is 13.9. The van der Waals surface area contributed by atoms with Crippen molar-refractivity contribution in [2.75, 3.05) is 11.9 Å². The molecule has 18 heavy (non-hydrogen) atoms. The standard InChI is InChI=1S/C15H22FNO/c1-5-18-13-9-12(15(13,3)4)17-11-8-6-7-10(2)14(11)16/h6-8,12-13,17H,5,9H2,1-4H3. The SMILES string of the molecule is CCOC1CC(Nc2cccc(C)c2F)C1(C)C. The summed E-state index contributed by atoms with van der Waals surface area (Å²) in [6.45, 7) is 8.87. The van der Waals surface area contributed by atoms with Gasteiger partial charge in [-0.25, -0.2) is 4.39 Å². The Hall–Kier alpha value is -1.09. The predicted molar refractivity (Wildman–Crippen MR) is 72.4 cm³/mol. The molecule has 1 aliphatic rings. The molecule has 0 amide bonds. The molecule has 0 radical (unpaired) electrons. The molecule has 1 aromatic carbocycles. The molecule has 0 aromatic heterocycles. The van der Waals surface area contributed by atoms with Gasteiger partial charge in [0.15, 0.2) is 0 Å². The Morgan fingerprint density at radius 2 is 2.17 bits per heavy atom. The van der Waals surface area contributed by atoms with Gasteiger partial charge in [0.25, 0.3) is 0 Å². The van der Waals surface area contributed by atoms with Gasteiger partial charge in [-0.05, 0) is 31.9 Å². The normalized spacial score (nSPS) is 25.6. The van der Waals surface area contributed by atoms with Gasteiger partial charge < -0.3 is 10.1 Å². The third-order valence-electron chi connectivity index (χ3n) is 4.07. The minimum absolute atomic E-state index is 0.0478. The Morgan fingerprint density at radius 1 is 1.44 bits per heavy atom. The molecule has 1 aromatic rings. The number of aryl methyl sites for hydroxylation is 1. The van der Waals surface area contributed by atoms with E-state index in [1.165, 1.54) is 0 Å². The number of halogens is 1. The van der Waals surface area contributed by atoms with Crippen LogP contribution in [-0.2, 0) is 4.74 Å². The highest BCUT2D eigenvalue weighted by atomic mass is 19.1. The molecule has 2 unspecified atom stereocenters. The second-order valence-corrected chi connectivity index (χ2v) is 5.63. The largest absolute Gasteiger partial charge is 0.379 e. The maximum Gasteiger partial charge on any atom is 0.149 e. The topological polar surface area (TPSA) is 21.3 Å². The summed E-state index contributed by atoms with van der Waals surface area (Å²) < 4.78 is 19.6. The minimum Gasteiger partial charge on any atom is -0.379 e. The molecule has 100 valence electrons. The summed E-state index contributed by atoms with van der Waals surface area (Å²) in [5.41, 5.74) is 1.33. The van der Waals surface area contributed by atoms with Crippen LogP contribution in [0.5, 0.6) is 0 Å². The molecule has 2 rings (SSSR count). The molecule has 0 heterocycles. The lowest BCUT2D eigenvalue weighted by Crippen LogP contribution is -2.58. The summed E-state index contributed by atoms with van der Waals surface area (Å²) in [6.07, 6.45) is 1.21. The molecule has 0 bridgehead atoms. The van der Waals surface area contributed by atoms with E-state index in [2.05, 4.69) is 19.2 Å². The van der Waals surface area contributed by atoms with Crippen LogP contribution >= 0.6 is 0 Å². The fourth-order valence-corrected chi connectivity index (χ4v) is 2.56. The van der Waals surface area contributed by atoms with Crippen LogP contribution in [0.4, 0.5) is 10.1 Å². The van der Waals surface area contributed by atoms with Crippen LogP contribution in [0.3, 0.4) is 0 Å². The smallest absolute Gasteiger partial charge is 0.149 e. The van der Waals surface area contributed by atoms with Gasteiger partial charge in [0.05, 0.1) is 11.8 Å². The highest BCUT2D eigenvalue weighted by molar-refractivity contribution is 5.49. The first-order chi connectivity index (χ1) is 8.46. The lowest BCUT2D eigenvalue weighted by Gasteiger charge is -2.52. The van der Waals surface area contributed by atoms with Gasteiger partial charge in [0.1, 0.15) is 5.82 Å². The first-order valence-corrected chi connectivity index (χ1v) is 6.60. The zero-order valence-corrected chi connectivity index (χ0v) is 11.6. The quantitative estimate of drug-likeness (QED) is 0.880. The van der Waals surface area contributed by atoms with Crippen molar-refractivity contribution < 1.29 is 9.13 Å². The Kier molecular flexibility index (Phi) is 3.62. The summed E-state index contributed by atoms with van der Waals surface area (Å²) in [5.74, 6) is -0.145. The molecule has 0 aliphatic heterocycles. The number of hydrogen-bond acceptors (Lipinski definition) is 2. The van der Waals surface area contributed by atoms with E-state index in [0.717, 1.165) is 13.0 Å². The van der Waals surface area contributed by atoms with E-state index in [9.17, 15) is 4.39 Å². The number of hydrogen-bond donors (Lipinski definition) is 1. The summed E-state index contributed by atoms with van der Waals surface area (Å²) in [6, 6.07) is 5.74. The molecule has 1 N–H and O–H groups in total. The molecule has 2 atom stereocenters. The number of anilines is 1. The first-order valence-electron chi connectivity index (χ1n) is 6.60. The van der Waals surface area contributed by atoms with Crippen molar-refractivity contribution in [3.8, 4) is 0 Å². The Labute approximate surface area is 109 Å². The van der Waals surface area contributed by atoms with Gasteiger partial charge in [-0.2, -0.15) is 0 Å². The molecule has 1 saturated carbocycles. The molecular weight excluding hydrogens is 229 g/mol. The van der Waals surface area contributed by atoms with Crippen LogP contribution in [-0.4, -0.2) is 18.8 Å². The molecule has 0 saturated heterocycles. The average molecular weight is 251 g/mol. The highest BCUT2D eigenvalue weighted by Gasteiger charge is 2.49. The summed E-state index contributed by atoms with van der Waals surface area (Å²) in [5, 5.41) is 3.31. The van der Waals surface area contributed by atoms with E-state index < -0.39 is 0 Å². The van der Waals surface area contributed by atoms with Crippen LogP contribution in [0.1, 0.15) is 32.8 Å². The van der Waals surface area contributed by atoms with E-state index >= 15 is 0 Å². The zero-order valence-electron chi connectivity index (χ0n) is 11.6. The van der Waals surface area contributed by atoms with Gasteiger partial charge in [0.2, 0.25) is 0 Å². The van der Waals surface area contributed by atoms with Gasteiger partial charge in [0, 0.05) is 18.1 Å². The van der Waals surface area contributed by atoms with Crippen molar-refractivity contribution in [2.24, 2.45) is 5.41 Å². The van der Waals surface area contributed by atoms with Crippen LogP contribution < -0.4 is 5.32 Å². The molecule has 1 fully saturated rings. The Balaban J connectivity index is 2.06. The van der Waals surface area contributed by atoms with E-state index in [1.807, 2.05) is 13.0 Å². The summed E-state index contributed by atoms with van der Waals surface area (Å²) in [4.78, 5) is 0. The van der Waals surface area contributed by atoms with Crippen LogP contribution in [0.25, 0.3) is 0 Å². The third-order valence-corrected chi connectivity index (χ3v) is 4.07. The van der Waals surface area contributed by atoms with Crippen molar-refractivity contribution in [2.45, 2.75) is 46.3 Å². The molecule has 3 heteroatoms. The Bertz CT molecular complexity index is 431. The van der Waals surface area contributed by atoms with Crippen molar-refractivity contribution in [3.63, 3.8) is 0 Å². The molecule has 2 nitrogen and oxygen atoms in total.